The summed E-state index contributed by atoms with van der Waals surface area (Å²) < 4.78 is 5.18. The number of nitrogens with one attached hydrogen (secondary N) is 1. The molecule has 0 aromatic heterocycles. The van der Waals surface area contributed by atoms with E-state index in [4.69, 9.17) is 9.57 Å². The van der Waals surface area contributed by atoms with Crippen molar-refractivity contribution in [1.29, 1.82) is 0 Å². The summed E-state index contributed by atoms with van der Waals surface area (Å²) in [4.78, 5) is 41.5. The summed E-state index contributed by atoms with van der Waals surface area (Å²) in [5, 5.41) is 18.1. The number of benzene rings is 2. The molecule has 34 heavy (non-hydrogen) atoms. The number of nitrogens with zero attached hydrogens (tertiary/aromatic N) is 2. The van der Waals surface area contributed by atoms with E-state index in [9.17, 15) is 19.7 Å². The highest BCUT2D eigenvalue weighted by Crippen LogP contribution is 2.71. The lowest BCUT2D eigenvalue weighted by Gasteiger charge is -2.39. The summed E-state index contributed by atoms with van der Waals surface area (Å²) in [6.45, 7) is 6.18. The Labute approximate surface area is 197 Å². The van der Waals surface area contributed by atoms with Gasteiger partial charge in [0.15, 0.2) is 0 Å². The van der Waals surface area contributed by atoms with Crippen LogP contribution in [0.3, 0.4) is 0 Å². The van der Waals surface area contributed by atoms with Gasteiger partial charge < -0.3 is 14.9 Å². The lowest BCUT2D eigenvalue weighted by Crippen LogP contribution is -2.43. The SMILES string of the molecule is COc1ccc(NC(=O)C23CCC(C)(/C(=N/OC(=O)c4ccc([N+](=O)[O-])cc4)C2)C3(C)C)cc1. The second kappa shape index (κ2) is 8.23. The maximum atomic E-state index is 13.5. The van der Waals surface area contributed by atoms with Gasteiger partial charge in [-0.3, -0.25) is 14.9 Å². The molecule has 2 aliphatic carbocycles. The van der Waals surface area contributed by atoms with Crippen LogP contribution in [-0.2, 0) is 9.63 Å². The molecule has 0 saturated heterocycles. The molecular weight excluding hydrogens is 438 g/mol. The normalized spacial score (nSPS) is 25.7. The van der Waals surface area contributed by atoms with Gasteiger partial charge in [-0.15, -0.1) is 0 Å². The number of carbonyl (C=O) groups excluding carboxylic acids is 2. The van der Waals surface area contributed by atoms with Gasteiger partial charge in [0.05, 0.1) is 28.7 Å². The third-order valence-corrected chi connectivity index (χ3v) is 8.07. The second-order valence-corrected chi connectivity index (χ2v) is 9.62. The minimum atomic E-state index is -0.705. The summed E-state index contributed by atoms with van der Waals surface area (Å²) in [7, 11) is 1.59. The molecule has 1 amide bonds. The van der Waals surface area contributed by atoms with E-state index in [1.54, 1.807) is 31.4 Å². The van der Waals surface area contributed by atoms with Crippen LogP contribution in [0, 0.1) is 26.4 Å². The number of non-ortho nitro benzene ring substituents is 1. The number of nitro benzene ring substituents is 1. The fourth-order valence-corrected chi connectivity index (χ4v) is 5.32. The van der Waals surface area contributed by atoms with Crippen LogP contribution < -0.4 is 10.1 Å². The van der Waals surface area contributed by atoms with Crippen molar-refractivity contribution in [2.75, 3.05) is 12.4 Å². The smallest absolute Gasteiger partial charge is 0.365 e. The number of ether oxygens (including phenoxy) is 1. The molecule has 9 heteroatoms. The zero-order valence-corrected chi connectivity index (χ0v) is 19.6. The number of nitro groups is 1. The predicted octanol–water partition coefficient (Wildman–Crippen LogP) is 4.97. The number of hydrogen-bond donors (Lipinski definition) is 1. The molecule has 2 fully saturated rings. The van der Waals surface area contributed by atoms with Crippen LogP contribution in [0.5, 0.6) is 5.75 Å². The second-order valence-electron chi connectivity index (χ2n) is 9.62. The van der Waals surface area contributed by atoms with E-state index in [-0.39, 0.29) is 17.2 Å². The van der Waals surface area contributed by atoms with Gasteiger partial charge in [0, 0.05) is 29.7 Å². The van der Waals surface area contributed by atoms with Crippen LogP contribution in [0.15, 0.2) is 53.7 Å². The van der Waals surface area contributed by atoms with Crippen LogP contribution >= 0.6 is 0 Å². The average Bonchev–Trinajstić information content (AvgIpc) is 3.13. The monoisotopic (exact) mass is 465 g/mol. The molecule has 2 atom stereocenters. The summed E-state index contributed by atoms with van der Waals surface area (Å²) in [5.74, 6) is -0.0864. The molecule has 2 bridgehead atoms. The van der Waals surface area contributed by atoms with Gasteiger partial charge in [0.1, 0.15) is 5.75 Å². The van der Waals surface area contributed by atoms with Gasteiger partial charge in [-0.25, -0.2) is 4.79 Å². The fraction of sp³-hybridized carbons (Fsp3) is 0.400. The number of carbonyl (C=O) groups is 2. The molecular formula is C25H27N3O6. The van der Waals surface area contributed by atoms with E-state index in [0.717, 1.165) is 6.42 Å². The molecule has 2 saturated carbocycles. The molecule has 0 radical (unpaired) electrons. The summed E-state index contributed by atoms with van der Waals surface area (Å²) in [6, 6.07) is 12.3. The van der Waals surface area contributed by atoms with Crippen molar-refractivity contribution in [2.24, 2.45) is 21.4 Å². The summed E-state index contributed by atoms with van der Waals surface area (Å²) in [6.07, 6.45) is 1.82. The number of oxime groups is 1. The van der Waals surface area contributed by atoms with Crippen molar-refractivity contribution in [3.05, 3.63) is 64.2 Å². The van der Waals surface area contributed by atoms with Crippen molar-refractivity contribution >= 4 is 29.0 Å². The van der Waals surface area contributed by atoms with E-state index in [0.29, 0.717) is 30.0 Å². The van der Waals surface area contributed by atoms with Gasteiger partial charge in [-0.05, 0) is 54.7 Å². The topological polar surface area (TPSA) is 120 Å². The molecule has 2 aromatic carbocycles. The molecule has 2 aromatic rings. The van der Waals surface area contributed by atoms with E-state index in [1.807, 2.05) is 0 Å². The molecule has 2 unspecified atom stereocenters. The molecule has 0 spiro atoms. The van der Waals surface area contributed by atoms with Crippen molar-refractivity contribution in [3.63, 3.8) is 0 Å². The first-order valence-corrected chi connectivity index (χ1v) is 11.0. The van der Waals surface area contributed by atoms with Crippen molar-refractivity contribution < 1.29 is 24.1 Å². The Morgan fingerprint density at radius 3 is 2.26 bits per heavy atom. The van der Waals surface area contributed by atoms with E-state index in [1.165, 1.54) is 24.3 Å². The zero-order valence-electron chi connectivity index (χ0n) is 19.6. The van der Waals surface area contributed by atoms with Crippen LogP contribution in [0.4, 0.5) is 11.4 Å². The predicted molar refractivity (Wildman–Crippen MR) is 126 cm³/mol. The first-order chi connectivity index (χ1) is 16.0. The third-order valence-electron chi connectivity index (χ3n) is 8.07. The number of fused-ring (bicyclic) bond motifs is 2. The van der Waals surface area contributed by atoms with Crippen molar-refractivity contribution in [1.82, 2.24) is 0 Å². The lowest BCUT2D eigenvalue weighted by atomic mass is 9.64. The van der Waals surface area contributed by atoms with Crippen LogP contribution in [-0.4, -0.2) is 29.6 Å². The molecule has 0 heterocycles. The molecule has 178 valence electrons. The summed E-state index contributed by atoms with van der Waals surface area (Å²) >= 11 is 0. The molecule has 0 aliphatic heterocycles. The maximum absolute atomic E-state index is 13.5. The average molecular weight is 466 g/mol. The number of rotatable bonds is 6. The van der Waals surface area contributed by atoms with Crippen molar-refractivity contribution in [3.8, 4) is 5.75 Å². The first-order valence-electron chi connectivity index (χ1n) is 11.0. The van der Waals surface area contributed by atoms with Gasteiger partial charge in [0.25, 0.3) is 5.69 Å². The Morgan fingerprint density at radius 1 is 1.03 bits per heavy atom. The highest BCUT2D eigenvalue weighted by Gasteiger charge is 2.71. The highest BCUT2D eigenvalue weighted by atomic mass is 16.7. The van der Waals surface area contributed by atoms with E-state index >= 15 is 0 Å². The highest BCUT2D eigenvalue weighted by molar-refractivity contribution is 6.06. The Hall–Kier alpha value is -3.75. The molecule has 4 rings (SSSR count). The summed E-state index contributed by atoms with van der Waals surface area (Å²) in [5.41, 5.74) is -0.136. The molecule has 9 nitrogen and oxygen atoms in total. The lowest BCUT2D eigenvalue weighted by molar-refractivity contribution is -0.384. The Bertz CT molecular complexity index is 1170. The van der Waals surface area contributed by atoms with Crippen LogP contribution in [0.2, 0.25) is 0 Å². The number of amides is 1. The minimum absolute atomic E-state index is 0.0849. The maximum Gasteiger partial charge on any atom is 0.365 e. The Morgan fingerprint density at radius 2 is 1.68 bits per heavy atom. The minimum Gasteiger partial charge on any atom is -0.497 e. The van der Waals surface area contributed by atoms with Crippen molar-refractivity contribution in [2.45, 2.75) is 40.0 Å². The zero-order chi connectivity index (χ0) is 24.7. The van der Waals surface area contributed by atoms with E-state index < -0.39 is 27.1 Å². The third kappa shape index (κ3) is 3.52. The Balaban J connectivity index is 1.54. The number of methoxy groups -OCH3 is 1. The van der Waals surface area contributed by atoms with Crippen LogP contribution in [0.25, 0.3) is 0 Å². The Kier molecular flexibility index (Phi) is 5.67. The quantitative estimate of drug-likeness (QED) is 0.365. The van der Waals surface area contributed by atoms with Gasteiger partial charge in [-0.2, -0.15) is 0 Å². The van der Waals surface area contributed by atoms with Gasteiger partial charge in [0.2, 0.25) is 5.91 Å². The standard InChI is InChI=1S/C25H27N3O6/c1-23(2)24(3)13-14-25(23,22(30)26-17-7-11-19(33-4)12-8-17)15-20(24)27-34-21(29)16-5-9-18(10-6-16)28(31)32/h5-12H,13-15H2,1-4H3,(H,26,30)/b27-20+. The number of hydrogen-bond acceptors (Lipinski definition) is 7. The first kappa shape index (κ1) is 23.4. The largest absolute Gasteiger partial charge is 0.497 e. The van der Waals surface area contributed by atoms with Gasteiger partial charge in [-0.1, -0.05) is 25.9 Å². The van der Waals surface area contributed by atoms with E-state index in [2.05, 4.69) is 31.2 Å². The van der Waals surface area contributed by atoms with Gasteiger partial charge >= 0.3 is 5.97 Å². The molecule has 2 aliphatic rings. The number of anilines is 1. The fourth-order valence-electron chi connectivity index (χ4n) is 5.32. The van der Waals surface area contributed by atoms with Crippen LogP contribution in [0.1, 0.15) is 50.4 Å². The molecule has 1 N–H and O–H groups in total.